The molecule has 0 N–H and O–H groups in total. The molecule has 8 heteroatoms. The molecule has 4 nitrogen and oxygen atoms in total. The molecule has 2 rings (SSSR count). The summed E-state index contributed by atoms with van der Waals surface area (Å²) in [5, 5.41) is 3.11. The highest BCUT2D eigenvalue weighted by Gasteiger charge is 2.38. The molecule has 22 heavy (non-hydrogen) atoms. The molecule has 1 saturated heterocycles. The Morgan fingerprint density at radius 2 is 2.09 bits per heavy atom. The first-order chi connectivity index (χ1) is 10.2. The van der Waals surface area contributed by atoms with Gasteiger partial charge in [0, 0.05) is 19.0 Å². The summed E-state index contributed by atoms with van der Waals surface area (Å²) in [4.78, 5) is 14.0. The summed E-state index contributed by atoms with van der Waals surface area (Å²) in [6.45, 7) is 4.28. The van der Waals surface area contributed by atoms with E-state index < -0.39 is 16.9 Å². The Hall–Kier alpha value is -1.24. The lowest BCUT2D eigenvalue weighted by molar-refractivity contribution is -0.141. The molecule has 124 valence electrons. The first-order valence-electron chi connectivity index (χ1n) is 7.31. The van der Waals surface area contributed by atoms with Crippen LogP contribution in [0.5, 0.6) is 0 Å². The second-order valence-corrected chi connectivity index (χ2v) is 6.03. The van der Waals surface area contributed by atoms with Crippen molar-refractivity contribution in [3.05, 3.63) is 16.4 Å². The number of carbonyl (C=O) groups is 1. The number of carbonyl (C=O) groups excluding carboxylic acids is 1. The van der Waals surface area contributed by atoms with Gasteiger partial charge in [-0.25, -0.2) is 0 Å². The van der Waals surface area contributed by atoms with Crippen LogP contribution in [0, 0.1) is 6.92 Å². The molecule has 0 spiro atoms. The monoisotopic (exact) mass is 337 g/mol. The third-order valence-corrected chi connectivity index (χ3v) is 4.52. The SMILES string of the molecule is Cc1c(Cl)c(C(F)(F)F)nn1CCC(=O)N1CCCCC1C. The fraction of sp³-hybridized carbons (Fsp3) is 0.714. The van der Waals surface area contributed by atoms with Crippen molar-refractivity contribution in [1.82, 2.24) is 14.7 Å². The highest BCUT2D eigenvalue weighted by Crippen LogP contribution is 2.35. The van der Waals surface area contributed by atoms with E-state index in [4.69, 9.17) is 11.6 Å². The molecule has 0 aromatic carbocycles. The van der Waals surface area contributed by atoms with E-state index in [0.29, 0.717) is 6.54 Å². The lowest BCUT2D eigenvalue weighted by atomic mass is 10.0. The van der Waals surface area contributed by atoms with Crippen LogP contribution >= 0.6 is 11.6 Å². The van der Waals surface area contributed by atoms with Crippen molar-refractivity contribution in [3.8, 4) is 0 Å². The van der Waals surface area contributed by atoms with E-state index in [1.54, 1.807) is 4.90 Å². The third-order valence-electron chi connectivity index (χ3n) is 4.06. The van der Waals surface area contributed by atoms with Gasteiger partial charge < -0.3 is 4.90 Å². The van der Waals surface area contributed by atoms with Gasteiger partial charge in [-0.05, 0) is 33.1 Å². The summed E-state index contributed by atoms with van der Waals surface area (Å²) in [6.07, 6.45) is -1.41. The molecular formula is C14H19ClF3N3O. The molecule has 0 saturated carbocycles. The number of alkyl halides is 3. The van der Waals surface area contributed by atoms with Crippen molar-refractivity contribution in [3.63, 3.8) is 0 Å². The molecule has 1 aromatic rings. The minimum atomic E-state index is -4.58. The van der Waals surface area contributed by atoms with Gasteiger partial charge in [-0.1, -0.05) is 11.6 Å². The zero-order chi connectivity index (χ0) is 16.5. The van der Waals surface area contributed by atoms with Crippen LogP contribution in [0.4, 0.5) is 13.2 Å². The van der Waals surface area contributed by atoms with Crippen molar-refractivity contribution >= 4 is 17.5 Å². The fourth-order valence-electron chi connectivity index (χ4n) is 2.74. The minimum Gasteiger partial charge on any atom is -0.340 e. The lowest BCUT2D eigenvalue weighted by Gasteiger charge is -2.33. The maximum Gasteiger partial charge on any atom is 0.436 e. The zero-order valence-electron chi connectivity index (χ0n) is 12.6. The van der Waals surface area contributed by atoms with Crippen LogP contribution in [0.3, 0.4) is 0 Å². The quantitative estimate of drug-likeness (QED) is 0.844. The lowest BCUT2D eigenvalue weighted by Crippen LogP contribution is -2.42. The maximum absolute atomic E-state index is 12.7. The van der Waals surface area contributed by atoms with E-state index in [9.17, 15) is 18.0 Å². The largest absolute Gasteiger partial charge is 0.436 e. The number of rotatable bonds is 3. The second-order valence-electron chi connectivity index (χ2n) is 5.65. The van der Waals surface area contributed by atoms with E-state index in [2.05, 4.69) is 5.10 Å². The summed E-state index contributed by atoms with van der Waals surface area (Å²) in [6, 6.07) is 0.189. The molecule has 1 fully saturated rings. The number of halogens is 4. The molecule has 0 radical (unpaired) electrons. The molecule has 1 atom stereocenters. The summed E-state index contributed by atoms with van der Waals surface area (Å²) in [7, 11) is 0. The summed E-state index contributed by atoms with van der Waals surface area (Å²) in [5.41, 5.74) is -0.862. The molecule has 1 amide bonds. The van der Waals surface area contributed by atoms with Gasteiger partial charge in [-0.3, -0.25) is 9.48 Å². The zero-order valence-corrected chi connectivity index (χ0v) is 13.3. The smallest absolute Gasteiger partial charge is 0.340 e. The van der Waals surface area contributed by atoms with E-state index >= 15 is 0 Å². The molecule has 2 heterocycles. The predicted molar refractivity (Wildman–Crippen MR) is 76.6 cm³/mol. The van der Waals surface area contributed by atoms with Crippen LogP contribution in [0.15, 0.2) is 0 Å². The third kappa shape index (κ3) is 3.56. The van der Waals surface area contributed by atoms with Crippen molar-refractivity contribution in [2.24, 2.45) is 0 Å². The minimum absolute atomic E-state index is 0.0493. The first-order valence-corrected chi connectivity index (χ1v) is 7.69. The molecular weight excluding hydrogens is 319 g/mol. The van der Waals surface area contributed by atoms with E-state index in [1.165, 1.54) is 6.92 Å². The number of piperidine rings is 1. The number of hydrogen-bond donors (Lipinski definition) is 0. The Labute approximate surface area is 132 Å². The Bertz CT molecular complexity index is 556. The summed E-state index contributed by atoms with van der Waals surface area (Å²) in [5.74, 6) is -0.0493. The molecule has 0 bridgehead atoms. The highest BCUT2D eigenvalue weighted by molar-refractivity contribution is 6.31. The Balaban J connectivity index is 2.04. The Morgan fingerprint density at radius 3 is 2.64 bits per heavy atom. The number of aromatic nitrogens is 2. The molecule has 1 aromatic heterocycles. The number of nitrogens with zero attached hydrogens (tertiary/aromatic N) is 3. The molecule has 1 aliphatic heterocycles. The average molecular weight is 338 g/mol. The number of aryl methyl sites for hydroxylation is 1. The van der Waals surface area contributed by atoms with Crippen molar-refractivity contribution in [1.29, 1.82) is 0 Å². The van der Waals surface area contributed by atoms with Gasteiger partial charge in [0.1, 0.15) is 0 Å². The number of hydrogen-bond acceptors (Lipinski definition) is 2. The van der Waals surface area contributed by atoms with Gasteiger partial charge >= 0.3 is 6.18 Å². The van der Waals surface area contributed by atoms with Crippen LogP contribution in [-0.2, 0) is 17.5 Å². The van der Waals surface area contributed by atoms with Gasteiger partial charge in [0.15, 0.2) is 5.69 Å². The average Bonchev–Trinajstić information content (AvgIpc) is 2.73. The predicted octanol–water partition coefficient (Wildman–Crippen LogP) is 3.65. The second kappa shape index (κ2) is 6.48. The van der Waals surface area contributed by atoms with Gasteiger partial charge in [-0.15, -0.1) is 0 Å². The van der Waals surface area contributed by atoms with Crippen LogP contribution in [-0.4, -0.2) is 33.2 Å². The summed E-state index contributed by atoms with van der Waals surface area (Å²) < 4.78 is 39.4. The van der Waals surface area contributed by atoms with Crippen LogP contribution in [0.25, 0.3) is 0 Å². The standard InChI is InChI=1S/C14H19ClF3N3O/c1-9-5-3-4-7-20(9)11(22)6-8-21-10(2)12(15)13(19-21)14(16,17)18/h9H,3-8H2,1-2H3. The van der Waals surface area contributed by atoms with E-state index in [1.807, 2.05) is 6.92 Å². The molecule has 1 unspecified atom stereocenters. The Kier molecular flexibility index (Phi) is 5.04. The van der Waals surface area contributed by atoms with Crippen LogP contribution in [0.1, 0.15) is 44.0 Å². The molecule has 1 aliphatic rings. The number of likely N-dealkylation sites (tertiary alicyclic amines) is 1. The van der Waals surface area contributed by atoms with E-state index in [-0.39, 0.29) is 30.6 Å². The number of amides is 1. The van der Waals surface area contributed by atoms with Gasteiger partial charge in [-0.2, -0.15) is 18.3 Å². The van der Waals surface area contributed by atoms with Crippen molar-refractivity contribution < 1.29 is 18.0 Å². The van der Waals surface area contributed by atoms with Gasteiger partial charge in [0.25, 0.3) is 0 Å². The summed E-state index contributed by atoms with van der Waals surface area (Å²) >= 11 is 5.69. The Morgan fingerprint density at radius 1 is 1.41 bits per heavy atom. The van der Waals surface area contributed by atoms with Crippen molar-refractivity contribution in [2.45, 2.75) is 58.3 Å². The van der Waals surface area contributed by atoms with Gasteiger partial charge in [0.05, 0.1) is 17.3 Å². The maximum atomic E-state index is 12.7. The highest BCUT2D eigenvalue weighted by atomic mass is 35.5. The topological polar surface area (TPSA) is 38.1 Å². The first kappa shape index (κ1) is 17.1. The normalized spacial score (nSPS) is 19.5. The van der Waals surface area contributed by atoms with Gasteiger partial charge in [0.2, 0.25) is 5.91 Å². The van der Waals surface area contributed by atoms with E-state index in [0.717, 1.165) is 23.9 Å². The van der Waals surface area contributed by atoms with Crippen LogP contribution in [0.2, 0.25) is 5.02 Å². The van der Waals surface area contributed by atoms with Crippen LogP contribution < -0.4 is 0 Å². The fourth-order valence-corrected chi connectivity index (χ4v) is 2.98. The van der Waals surface area contributed by atoms with Crippen molar-refractivity contribution in [2.75, 3.05) is 6.54 Å². The molecule has 0 aliphatic carbocycles.